The van der Waals surface area contributed by atoms with Gasteiger partial charge < -0.3 is 15.6 Å². The van der Waals surface area contributed by atoms with Crippen molar-refractivity contribution in [3.63, 3.8) is 0 Å². The third-order valence-electron chi connectivity index (χ3n) is 2.58. The van der Waals surface area contributed by atoms with Crippen LogP contribution in [-0.2, 0) is 13.1 Å². The molecule has 2 rings (SSSR count). The SMILES string of the molecule is NC(=O)c1n[c]cn1CCNCc1ccccc1. The fourth-order valence-corrected chi connectivity index (χ4v) is 1.68. The highest BCUT2D eigenvalue weighted by molar-refractivity contribution is 5.89. The largest absolute Gasteiger partial charge is 0.363 e. The number of rotatable bonds is 6. The molecule has 0 atom stereocenters. The molecule has 0 saturated heterocycles. The van der Waals surface area contributed by atoms with Crippen LogP contribution in [0, 0.1) is 6.20 Å². The maximum absolute atomic E-state index is 11.0. The molecule has 18 heavy (non-hydrogen) atoms. The summed E-state index contributed by atoms with van der Waals surface area (Å²) in [7, 11) is 0. The number of nitrogens with one attached hydrogen (secondary N) is 1. The molecular formula is C13H15N4O. The molecule has 1 radical (unpaired) electrons. The zero-order valence-electron chi connectivity index (χ0n) is 9.97. The van der Waals surface area contributed by atoms with Crippen LogP contribution in [0.4, 0.5) is 0 Å². The number of nitrogens with two attached hydrogens (primary N) is 1. The topological polar surface area (TPSA) is 72.9 Å². The van der Waals surface area contributed by atoms with Crippen LogP contribution in [0.5, 0.6) is 0 Å². The summed E-state index contributed by atoms with van der Waals surface area (Å²) in [6.07, 6.45) is 4.25. The molecule has 5 nitrogen and oxygen atoms in total. The van der Waals surface area contributed by atoms with Crippen LogP contribution in [0.1, 0.15) is 16.2 Å². The number of primary amides is 1. The Morgan fingerprint density at radius 3 is 2.89 bits per heavy atom. The van der Waals surface area contributed by atoms with Crippen LogP contribution in [0.25, 0.3) is 0 Å². The Kier molecular flexibility index (Phi) is 4.09. The van der Waals surface area contributed by atoms with Crippen LogP contribution in [0.15, 0.2) is 36.5 Å². The Bertz CT molecular complexity index is 507. The number of aromatic nitrogens is 2. The summed E-state index contributed by atoms with van der Waals surface area (Å²) in [4.78, 5) is 14.8. The van der Waals surface area contributed by atoms with E-state index in [1.54, 1.807) is 10.8 Å². The molecule has 0 bridgehead atoms. The predicted molar refractivity (Wildman–Crippen MR) is 67.7 cm³/mol. The lowest BCUT2D eigenvalue weighted by atomic mass is 10.2. The molecule has 1 aromatic heterocycles. The van der Waals surface area contributed by atoms with Crippen molar-refractivity contribution in [3.05, 3.63) is 54.1 Å². The molecule has 0 unspecified atom stereocenters. The van der Waals surface area contributed by atoms with Gasteiger partial charge in [0.05, 0.1) is 0 Å². The standard InChI is InChI=1S/C13H15N4O/c14-12(18)13-16-7-9-17(13)8-6-15-10-11-4-2-1-3-5-11/h1-5,9,15H,6,8,10H2,(H2,14,18). The zero-order valence-corrected chi connectivity index (χ0v) is 9.97. The van der Waals surface area contributed by atoms with Gasteiger partial charge in [-0.15, -0.1) is 0 Å². The highest BCUT2D eigenvalue weighted by atomic mass is 16.1. The molecule has 0 saturated carbocycles. The minimum absolute atomic E-state index is 0.247. The van der Waals surface area contributed by atoms with Gasteiger partial charge in [-0.1, -0.05) is 30.3 Å². The third kappa shape index (κ3) is 3.18. The first kappa shape index (κ1) is 12.3. The summed E-state index contributed by atoms with van der Waals surface area (Å²) in [5, 5.41) is 3.29. The maximum atomic E-state index is 11.0. The Labute approximate surface area is 106 Å². The Hall–Kier alpha value is -2.14. The monoisotopic (exact) mass is 243 g/mol. The average molecular weight is 243 g/mol. The molecule has 0 spiro atoms. The van der Waals surface area contributed by atoms with Gasteiger partial charge in [-0.05, 0) is 5.56 Å². The second-order valence-corrected chi connectivity index (χ2v) is 3.91. The summed E-state index contributed by atoms with van der Waals surface area (Å²) in [6, 6.07) is 10.1. The number of amides is 1. The van der Waals surface area contributed by atoms with Gasteiger partial charge in [-0.3, -0.25) is 4.79 Å². The van der Waals surface area contributed by atoms with Gasteiger partial charge in [0.15, 0.2) is 5.82 Å². The summed E-state index contributed by atoms with van der Waals surface area (Å²) in [5.74, 6) is -0.282. The third-order valence-corrected chi connectivity index (χ3v) is 2.58. The Morgan fingerprint density at radius 2 is 2.17 bits per heavy atom. The molecule has 0 aliphatic carbocycles. The normalized spacial score (nSPS) is 10.4. The minimum Gasteiger partial charge on any atom is -0.363 e. The lowest BCUT2D eigenvalue weighted by Crippen LogP contribution is -2.23. The van der Waals surface area contributed by atoms with Gasteiger partial charge in [0.1, 0.15) is 6.20 Å². The second-order valence-electron chi connectivity index (χ2n) is 3.91. The van der Waals surface area contributed by atoms with E-state index in [1.807, 2.05) is 18.2 Å². The molecule has 0 aliphatic rings. The van der Waals surface area contributed by atoms with Crippen molar-refractivity contribution in [3.8, 4) is 0 Å². The molecule has 93 valence electrons. The lowest BCUT2D eigenvalue weighted by molar-refractivity contribution is 0.0986. The van der Waals surface area contributed by atoms with E-state index >= 15 is 0 Å². The first-order valence-corrected chi connectivity index (χ1v) is 5.75. The lowest BCUT2D eigenvalue weighted by Gasteiger charge is -2.07. The Balaban J connectivity index is 1.79. The molecule has 0 aliphatic heterocycles. The van der Waals surface area contributed by atoms with E-state index in [4.69, 9.17) is 5.73 Å². The summed E-state index contributed by atoms with van der Waals surface area (Å²) in [6.45, 7) is 2.17. The quantitative estimate of drug-likeness (QED) is 0.729. The maximum Gasteiger partial charge on any atom is 0.284 e. The Morgan fingerprint density at radius 1 is 1.39 bits per heavy atom. The van der Waals surface area contributed by atoms with Crippen LogP contribution in [0.2, 0.25) is 0 Å². The molecule has 2 aromatic rings. The number of imidazole rings is 1. The van der Waals surface area contributed by atoms with Crippen molar-refractivity contribution in [2.45, 2.75) is 13.1 Å². The summed E-state index contributed by atoms with van der Waals surface area (Å²) in [5.41, 5.74) is 6.42. The number of hydrogen-bond acceptors (Lipinski definition) is 3. The van der Waals surface area contributed by atoms with Gasteiger partial charge >= 0.3 is 0 Å². The zero-order chi connectivity index (χ0) is 12.8. The molecular weight excluding hydrogens is 228 g/mol. The highest BCUT2D eigenvalue weighted by Gasteiger charge is 2.07. The minimum atomic E-state index is -0.528. The fraction of sp³-hybridized carbons (Fsp3) is 0.231. The number of carbonyl (C=O) groups excluding carboxylic acids is 1. The molecule has 1 aromatic carbocycles. The van der Waals surface area contributed by atoms with Crippen LogP contribution < -0.4 is 11.1 Å². The predicted octanol–water partition coefficient (Wildman–Crippen LogP) is 0.572. The van der Waals surface area contributed by atoms with Crippen molar-refractivity contribution in [2.24, 2.45) is 5.73 Å². The summed E-state index contributed by atoms with van der Waals surface area (Å²) < 4.78 is 1.69. The van der Waals surface area contributed by atoms with Crippen LogP contribution in [-0.4, -0.2) is 22.0 Å². The van der Waals surface area contributed by atoms with Crippen molar-refractivity contribution in [2.75, 3.05) is 6.54 Å². The summed E-state index contributed by atoms with van der Waals surface area (Å²) >= 11 is 0. The first-order chi connectivity index (χ1) is 8.77. The molecule has 5 heteroatoms. The average Bonchev–Trinajstić information content (AvgIpc) is 2.84. The van der Waals surface area contributed by atoms with Crippen molar-refractivity contribution >= 4 is 5.91 Å². The molecule has 1 heterocycles. The second kappa shape index (κ2) is 5.97. The van der Waals surface area contributed by atoms with E-state index in [1.165, 1.54) is 5.56 Å². The van der Waals surface area contributed by atoms with E-state index in [2.05, 4.69) is 28.6 Å². The van der Waals surface area contributed by atoms with E-state index in [9.17, 15) is 4.79 Å². The highest BCUT2D eigenvalue weighted by Crippen LogP contribution is 1.98. The molecule has 0 fully saturated rings. The van der Waals surface area contributed by atoms with Gasteiger partial charge in [-0.2, -0.15) is 0 Å². The van der Waals surface area contributed by atoms with Gasteiger partial charge in [0.2, 0.25) is 0 Å². The van der Waals surface area contributed by atoms with Crippen LogP contribution in [0.3, 0.4) is 0 Å². The first-order valence-electron chi connectivity index (χ1n) is 5.75. The number of benzene rings is 1. The van der Waals surface area contributed by atoms with Crippen LogP contribution >= 0.6 is 0 Å². The molecule has 3 N–H and O–H groups in total. The van der Waals surface area contributed by atoms with Gasteiger partial charge in [-0.25, -0.2) is 4.98 Å². The smallest absolute Gasteiger partial charge is 0.284 e. The molecule has 1 amide bonds. The van der Waals surface area contributed by atoms with E-state index < -0.39 is 5.91 Å². The van der Waals surface area contributed by atoms with Gasteiger partial charge in [0, 0.05) is 25.8 Å². The van der Waals surface area contributed by atoms with Crippen molar-refractivity contribution < 1.29 is 4.79 Å². The van der Waals surface area contributed by atoms with E-state index in [0.29, 0.717) is 6.54 Å². The number of hydrogen-bond donors (Lipinski definition) is 2. The number of nitrogens with zero attached hydrogens (tertiary/aromatic N) is 2. The van der Waals surface area contributed by atoms with Crippen molar-refractivity contribution in [1.82, 2.24) is 14.9 Å². The van der Waals surface area contributed by atoms with E-state index in [-0.39, 0.29) is 5.82 Å². The van der Waals surface area contributed by atoms with E-state index in [0.717, 1.165) is 13.1 Å². The fourth-order valence-electron chi connectivity index (χ4n) is 1.68. The van der Waals surface area contributed by atoms with Gasteiger partial charge in [0.25, 0.3) is 5.91 Å². The van der Waals surface area contributed by atoms with Crippen molar-refractivity contribution in [1.29, 1.82) is 0 Å². The number of carbonyl (C=O) groups is 1.